The highest BCUT2D eigenvalue weighted by atomic mass is 16.5. The van der Waals surface area contributed by atoms with Crippen molar-refractivity contribution in [2.24, 2.45) is 5.10 Å². The Kier molecular flexibility index (Phi) is 5.07. The van der Waals surface area contributed by atoms with Crippen molar-refractivity contribution in [3.63, 3.8) is 0 Å². The van der Waals surface area contributed by atoms with Gasteiger partial charge in [-0.05, 0) is 12.1 Å². The topological polar surface area (TPSA) is 106 Å². The summed E-state index contributed by atoms with van der Waals surface area (Å²) < 4.78 is 9.88. The van der Waals surface area contributed by atoms with Gasteiger partial charge in [0, 0.05) is 24.6 Å². The minimum Gasteiger partial charge on any atom is -0.497 e. The van der Waals surface area contributed by atoms with E-state index >= 15 is 0 Å². The highest BCUT2D eigenvalue weighted by Crippen LogP contribution is 2.16. The quantitative estimate of drug-likeness (QED) is 0.768. The van der Waals surface area contributed by atoms with Gasteiger partial charge < -0.3 is 14.8 Å². The third kappa shape index (κ3) is 4.30. The number of esters is 1. The van der Waals surface area contributed by atoms with Crippen LogP contribution in [0.1, 0.15) is 12.8 Å². The average molecular weight is 305 g/mol. The van der Waals surface area contributed by atoms with Crippen LogP contribution in [0.5, 0.6) is 5.75 Å². The molecule has 0 fully saturated rings. The van der Waals surface area contributed by atoms with Crippen LogP contribution in [0.2, 0.25) is 0 Å². The van der Waals surface area contributed by atoms with Crippen molar-refractivity contribution in [3.8, 4) is 5.75 Å². The molecule has 0 radical (unpaired) electrons. The van der Waals surface area contributed by atoms with E-state index in [-0.39, 0.29) is 24.5 Å². The second-order valence-electron chi connectivity index (χ2n) is 4.45. The second kappa shape index (κ2) is 7.21. The Bertz CT molecular complexity index is 627. The number of nitrogens with zero attached hydrogens (tertiary/aromatic N) is 1. The highest BCUT2D eigenvalue weighted by molar-refractivity contribution is 6.37. The van der Waals surface area contributed by atoms with Gasteiger partial charge in [0.05, 0.1) is 7.11 Å². The Morgan fingerprint density at radius 2 is 2.18 bits per heavy atom. The molecule has 1 aromatic carbocycles. The standard InChI is InChI=1S/C14H15N3O5/c1-21-10-4-2-3-9(7-10)15-13(19)8-22-14(20)11-5-6-12(18)17-16-11/h2-4,7H,5-6,8H2,1H3,(H,15,19)(H,17,18). The summed E-state index contributed by atoms with van der Waals surface area (Å²) in [5.74, 6) is -0.864. The van der Waals surface area contributed by atoms with Gasteiger partial charge >= 0.3 is 5.97 Å². The van der Waals surface area contributed by atoms with E-state index in [9.17, 15) is 14.4 Å². The van der Waals surface area contributed by atoms with Crippen LogP contribution in [0.4, 0.5) is 5.69 Å². The maximum Gasteiger partial charge on any atom is 0.355 e. The first-order valence-corrected chi connectivity index (χ1v) is 6.55. The number of carbonyl (C=O) groups is 3. The van der Waals surface area contributed by atoms with Crippen LogP contribution < -0.4 is 15.5 Å². The molecule has 2 N–H and O–H groups in total. The van der Waals surface area contributed by atoms with E-state index in [0.29, 0.717) is 11.4 Å². The lowest BCUT2D eigenvalue weighted by atomic mass is 10.2. The molecule has 0 aliphatic carbocycles. The van der Waals surface area contributed by atoms with Crippen molar-refractivity contribution >= 4 is 29.2 Å². The monoisotopic (exact) mass is 305 g/mol. The van der Waals surface area contributed by atoms with Crippen LogP contribution in [-0.4, -0.2) is 37.2 Å². The fourth-order valence-corrected chi connectivity index (χ4v) is 1.73. The number of methoxy groups -OCH3 is 1. The Labute approximate surface area is 126 Å². The van der Waals surface area contributed by atoms with Crippen LogP contribution in [0, 0.1) is 0 Å². The van der Waals surface area contributed by atoms with E-state index in [1.165, 1.54) is 7.11 Å². The molecule has 1 heterocycles. The van der Waals surface area contributed by atoms with Gasteiger partial charge in [-0.3, -0.25) is 9.59 Å². The van der Waals surface area contributed by atoms with Crippen molar-refractivity contribution < 1.29 is 23.9 Å². The lowest BCUT2D eigenvalue weighted by molar-refractivity contribution is -0.140. The number of benzene rings is 1. The first-order chi connectivity index (χ1) is 10.6. The largest absolute Gasteiger partial charge is 0.497 e. The van der Waals surface area contributed by atoms with Crippen LogP contribution >= 0.6 is 0 Å². The van der Waals surface area contributed by atoms with Crippen molar-refractivity contribution in [1.82, 2.24) is 5.43 Å². The predicted molar refractivity (Wildman–Crippen MR) is 77.4 cm³/mol. The predicted octanol–water partition coefficient (Wildman–Crippen LogP) is 0.443. The molecule has 0 saturated carbocycles. The number of hydrogen-bond acceptors (Lipinski definition) is 6. The summed E-state index contributed by atoms with van der Waals surface area (Å²) in [7, 11) is 1.52. The zero-order valence-electron chi connectivity index (χ0n) is 11.9. The van der Waals surface area contributed by atoms with E-state index < -0.39 is 18.5 Å². The van der Waals surface area contributed by atoms with Gasteiger partial charge in [0.25, 0.3) is 5.91 Å². The van der Waals surface area contributed by atoms with E-state index in [1.807, 2.05) is 0 Å². The van der Waals surface area contributed by atoms with Gasteiger partial charge in [-0.2, -0.15) is 5.10 Å². The molecular formula is C14H15N3O5. The lowest BCUT2D eigenvalue weighted by Gasteiger charge is -2.11. The molecule has 2 rings (SSSR count). The van der Waals surface area contributed by atoms with Crippen LogP contribution in [-0.2, 0) is 19.1 Å². The molecular weight excluding hydrogens is 290 g/mol. The summed E-state index contributed by atoms with van der Waals surface area (Å²) in [5, 5.41) is 6.17. The van der Waals surface area contributed by atoms with Crippen LogP contribution in [0.25, 0.3) is 0 Å². The molecule has 1 aliphatic heterocycles. The molecule has 22 heavy (non-hydrogen) atoms. The fraction of sp³-hybridized carbons (Fsp3) is 0.286. The lowest BCUT2D eigenvalue weighted by Crippen LogP contribution is -2.32. The number of hydrogen-bond donors (Lipinski definition) is 2. The molecule has 1 aromatic rings. The summed E-state index contributed by atoms with van der Waals surface area (Å²) in [6, 6.07) is 6.79. The molecule has 0 spiro atoms. The first-order valence-electron chi connectivity index (χ1n) is 6.55. The maximum atomic E-state index is 11.7. The summed E-state index contributed by atoms with van der Waals surface area (Å²) in [5.41, 5.74) is 2.81. The summed E-state index contributed by atoms with van der Waals surface area (Å²) >= 11 is 0. The van der Waals surface area contributed by atoms with Gasteiger partial charge in [-0.25, -0.2) is 10.2 Å². The molecule has 0 bridgehead atoms. The SMILES string of the molecule is COc1cccc(NC(=O)COC(=O)C2=NNC(=O)CC2)c1. The van der Waals surface area contributed by atoms with Gasteiger partial charge in [0.1, 0.15) is 11.5 Å². The number of amides is 2. The Hall–Kier alpha value is -2.90. The Morgan fingerprint density at radius 1 is 1.36 bits per heavy atom. The zero-order chi connectivity index (χ0) is 15.9. The number of hydrazone groups is 1. The van der Waals surface area contributed by atoms with Gasteiger partial charge in [-0.1, -0.05) is 6.07 Å². The minimum atomic E-state index is -0.721. The number of carbonyl (C=O) groups excluding carboxylic acids is 3. The van der Waals surface area contributed by atoms with Gasteiger partial charge in [0.15, 0.2) is 6.61 Å². The molecule has 8 heteroatoms. The molecule has 0 saturated heterocycles. The third-order valence-electron chi connectivity index (χ3n) is 2.83. The number of anilines is 1. The third-order valence-corrected chi connectivity index (χ3v) is 2.83. The number of rotatable bonds is 5. The first kappa shape index (κ1) is 15.5. The van der Waals surface area contributed by atoms with E-state index in [2.05, 4.69) is 15.8 Å². The summed E-state index contributed by atoms with van der Waals surface area (Å²) in [6.45, 7) is -0.441. The van der Waals surface area contributed by atoms with Crippen molar-refractivity contribution in [1.29, 1.82) is 0 Å². The number of nitrogens with one attached hydrogen (secondary N) is 2. The van der Waals surface area contributed by atoms with Crippen LogP contribution in [0.15, 0.2) is 29.4 Å². The Balaban J connectivity index is 1.82. The van der Waals surface area contributed by atoms with Crippen molar-refractivity contribution in [2.45, 2.75) is 12.8 Å². The normalized spacial score (nSPS) is 13.7. The molecule has 1 aliphatic rings. The summed E-state index contributed by atoms with van der Waals surface area (Å²) in [6.07, 6.45) is 0.367. The van der Waals surface area contributed by atoms with E-state index in [4.69, 9.17) is 9.47 Å². The zero-order valence-corrected chi connectivity index (χ0v) is 11.9. The Morgan fingerprint density at radius 3 is 2.86 bits per heavy atom. The van der Waals surface area contributed by atoms with E-state index in [1.54, 1.807) is 24.3 Å². The molecule has 0 aromatic heterocycles. The summed E-state index contributed by atoms with van der Waals surface area (Å²) in [4.78, 5) is 34.3. The maximum absolute atomic E-state index is 11.7. The molecule has 8 nitrogen and oxygen atoms in total. The minimum absolute atomic E-state index is 0.0915. The molecule has 116 valence electrons. The van der Waals surface area contributed by atoms with Crippen molar-refractivity contribution in [3.05, 3.63) is 24.3 Å². The molecule has 0 atom stereocenters. The van der Waals surface area contributed by atoms with Gasteiger partial charge in [0.2, 0.25) is 5.91 Å². The van der Waals surface area contributed by atoms with E-state index in [0.717, 1.165) is 0 Å². The smallest absolute Gasteiger partial charge is 0.355 e. The number of ether oxygens (including phenoxy) is 2. The molecule has 2 amide bonds. The molecule has 0 unspecified atom stereocenters. The highest BCUT2D eigenvalue weighted by Gasteiger charge is 2.20. The van der Waals surface area contributed by atoms with Crippen LogP contribution in [0.3, 0.4) is 0 Å². The van der Waals surface area contributed by atoms with Gasteiger partial charge in [-0.15, -0.1) is 0 Å². The van der Waals surface area contributed by atoms with Crippen molar-refractivity contribution in [2.75, 3.05) is 19.0 Å². The average Bonchev–Trinajstić information content (AvgIpc) is 2.53. The second-order valence-corrected chi connectivity index (χ2v) is 4.45. The fourth-order valence-electron chi connectivity index (χ4n) is 1.73.